The Labute approximate surface area is 130 Å². The lowest BCUT2D eigenvalue weighted by Crippen LogP contribution is -2.12. The Morgan fingerprint density at radius 3 is 2.41 bits per heavy atom. The Bertz CT molecular complexity index is 664. The van der Waals surface area contributed by atoms with Gasteiger partial charge in [-0.15, -0.1) is 0 Å². The van der Waals surface area contributed by atoms with E-state index in [1.54, 1.807) is 0 Å². The lowest BCUT2D eigenvalue weighted by Gasteiger charge is -2.08. The minimum atomic E-state index is -0.536. The Morgan fingerprint density at radius 2 is 1.77 bits per heavy atom. The molecule has 22 heavy (non-hydrogen) atoms. The normalized spacial score (nSPS) is 23.4. The van der Waals surface area contributed by atoms with E-state index in [0.717, 1.165) is 12.0 Å². The summed E-state index contributed by atoms with van der Waals surface area (Å²) in [5.74, 6) is -0.371. The van der Waals surface area contributed by atoms with E-state index in [2.05, 4.69) is 16.9 Å². The monoisotopic (exact) mass is 294 g/mol. The van der Waals surface area contributed by atoms with E-state index in [9.17, 15) is 4.79 Å². The quantitative estimate of drug-likeness (QED) is 0.483. The molecule has 1 aliphatic rings. The molecule has 0 saturated carbocycles. The molecule has 0 radical (unpaired) electrons. The minimum Gasteiger partial charge on any atom is -0.466 e. The van der Waals surface area contributed by atoms with Gasteiger partial charge >= 0.3 is 5.97 Å². The maximum absolute atomic E-state index is 11.4. The lowest BCUT2D eigenvalue weighted by molar-refractivity contribution is -0.134. The van der Waals surface area contributed by atoms with Crippen molar-refractivity contribution < 1.29 is 14.3 Å². The molecule has 3 rings (SSSR count). The van der Waals surface area contributed by atoms with Crippen molar-refractivity contribution in [1.29, 1.82) is 0 Å². The van der Waals surface area contributed by atoms with Crippen LogP contribution in [0.2, 0.25) is 0 Å². The van der Waals surface area contributed by atoms with Crippen molar-refractivity contribution in [2.75, 3.05) is 7.11 Å². The summed E-state index contributed by atoms with van der Waals surface area (Å²) in [6.07, 6.45) is 4.08. The van der Waals surface area contributed by atoms with Crippen molar-refractivity contribution in [2.45, 2.75) is 18.1 Å². The third kappa shape index (κ3) is 2.95. The molecule has 2 aromatic rings. The van der Waals surface area contributed by atoms with Crippen LogP contribution >= 0.6 is 0 Å². The summed E-state index contributed by atoms with van der Waals surface area (Å²) in [5, 5.41) is 0. The number of epoxide rings is 1. The van der Waals surface area contributed by atoms with Crippen molar-refractivity contribution in [3.05, 3.63) is 83.9 Å². The maximum Gasteiger partial charge on any atom is 0.330 e. The molecule has 112 valence electrons. The van der Waals surface area contributed by atoms with Crippen LogP contribution in [0.1, 0.15) is 11.1 Å². The first-order chi connectivity index (χ1) is 10.7. The Kier molecular flexibility index (Phi) is 4.07. The van der Waals surface area contributed by atoms with Crippen LogP contribution in [-0.2, 0) is 26.3 Å². The van der Waals surface area contributed by atoms with Gasteiger partial charge in [0.25, 0.3) is 0 Å². The van der Waals surface area contributed by atoms with E-state index in [0.29, 0.717) is 0 Å². The molecule has 0 aromatic heterocycles. The van der Waals surface area contributed by atoms with Gasteiger partial charge in [-0.1, -0.05) is 60.7 Å². The van der Waals surface area contributed by atoms with Crippen LogP contribution in [-0.4, -0.2) is 19.2 Å². The van der Waals surface area contributed by atoms with Crippen molar-refractivity contribution in [3.8, 4) is 0 Å². The number of benzene rings is 2. The fourth-order valence-electron chi connectivity index (χ4n) is 2.68. The van der Waals surface area contributed by atoms with Crippen molar-refractivity contribution in [2.24, 2.45) is 0 Å². The molecule has 0 unspecified atom stereocenters. The van der Waals surface area contributed by atoms with Crippen LogP contribution in [0.5, 0.6) is 0 Å². The van der Waals surface area contributed by atoms with Gasteiger partial charge in [0.15, 0.2) is 0 Å². The van der Waals surface area contributed by atoms with Crippen LogP contribution in [0.15, 0.2) is 72.8 Å². The van der Waals surface area contributed by atoms with Crippen LogP contribution in [0.3, 0.4) is 0 Å². The SMILES string of the molecule is COC(=O)/C=C/[C@]1(c2ccccc2)O[C@H]1Cc1ccccc1. The van der Waals surface area contributed by atoms with Crippen LogP contribution < -0.4 is 0 Å². The van der Waals surface area contributed by atoms with Crippen LogP contribution in [0, 0.1) is 0 Å². The Morgan fingerprint density at radius 1 is 1.14 bits per heavy atom. The molecule has 1 saturated heterocycles. The molecule has 1 fully saturated rings. The molecule has 0 N–H and O–H groups in total. The molecule has 0 amide bonds. The van der Waals surface area contributed by atoms with Gasteiger partial charge < -0.3 is 9.47 Å². The van der Waals surface area contributed by atoms with Crippen molar-refractivity contribution in [3.63, 3.8) is 0 Å². The van der Waals surface area contributed by atoms with E-state index >= 15 is 0 Å². The van der Waals surface area contributed by atoms with Gasteiger partial charge in [0.05, 0.1) is 7.11 Å². The van der Waals surface area contributed by atoms with Gasteiger partial charge in [0.2, 0.25) is 0 Å². The second kappa shape index (κ2) is 6.16. The molecular weight excluding hydrogens is 276 g/mol. The van der Waals surface area contributed by atoms with Gasteiger partial charge in [-0.25, -0.2) is 4.79 Å². The Balaban J connectivity index is 1.84. The summed E-state index contributed by atoms with van der Waals surface area (Å²) < 4.78 is 10.7. The highest BCUT2D eigenvalue weighted by Crippen LogP contribution is 2.49. The molecule has 2 atom stereocenters. The van der Waals surface area contributed by atoms with E-state index in [-0.39, 0.29) is 12.1 Å². The first-order valence-corrected chi connectivity index (χ1v) is 7.29. The van der Waals surface area contributed by atoms with Gasteiger partial charge in [0.1, 0.15) is 11.7 Å². The number of hydrogen-bond donors (Lipinski definition) is 0. The summed E-state index contributed by atoms with van der Waals surface area (Å²) in [7, 11) is 1.37. The summed E-state index contributed by atoms with van der Waals surface area (Å²) in [4.78, 5) is 11.4. The number of ether oxygens (including phenoxy) is 2. The van der Waals surface area contributed by atoms with E-state index in [4.69, 9.17) is 4.74 Å². The van der Waals surface area contributed by atoms with Gasteiger partial charge in [0, 0.05) is 12.5 Å². The fourth-order valence-corrected chi connectivity index (χ4v) is 2.68. The Hall–Kier alpha value is -2.39. The average Bonchev–Trinajstić information content (AvgIpc) is 3.28. The summed E-state index contributed by atoms with van der Waals surface area (Å²) in [6.45, 7) is 0. The standard InChI is InChI=1S/C19H18O3/c1-21-18(20)12-13-19(16-10-6-3-7-11-16)17(22-19)14-15-8-4-2-5-9-15/h2-13,17H,14H2,1H3/b13-12+/t17-,19+/m0/s1. The first-order valence-electron chi connectivity index (χ1n) is 7.29. The average molecular weight is 294 g/mol. The van der Waals surface area contributed by atoms with E-state index in [1.807, 2.05) is 54.6 Å². The molecule has 0 aliphatic carbocycles. The lowest BCUT2D eigenvalue weighted by atomic mass is 9.91. The predicted octanol–water partition coefficient (Wildman–Crippen LogP) is 3.25. The molecule has 1 aliphatic heterocycles. The number of carbonyl (C=O) groups is 1. The van der Waals surface area contributed by atoms with Gasteiger partial charge in [-0.3, -0.25) is 0 Å². The summed E-state index contributed by atoms with van der Waals surface area (Å²) in [5.41, 5.74) is 1.73. The molecule has 3 heteroatoms. The highest BCUT2D eigenvalue weighted by Gasteiger charge is 2.55. The number of methoxy groups -OCH3 is 1. The fraction of sp³-hybridized carbons (Fsp3) is 0.211. The second-order valence-corrected chi connectivity index (χ2v) is 5.31. The van der Waals surface area contributed by atoms with Crippen molar-refractivity contribution in [1.82, 2.24) is 0 Å². The highest BCUT2D eigenvalue weighted by molar-refractivity contribution is 5.82. The zero-order chi connectivity index (χ0) is 15.4. The first kappa shape index (κ1) is 14.5. The van der Waals surface area contributed by atoms with Gasteiger partial charge in [-0.2, -0.15) is 0 Å². The predicted molar refractivity (Wildman–Crippen MR) is 84.3 cm³/mol. The molecule has 1 heterocycles. The van der Waals surface area contributed by atoms with Gasteiger partial charge in [-0.05, 0) is 17.2 Å². The zero-order valence-electron chi connectivity index (χ0n) is 12.4. The van der Waals surface area contributed by atoms with E-state index in [1.165, 1.54) is 18.7 Å². The smallest absolute Gasteiger partial charge is 0.330 e. The number of rotatable bonds is 5. The summed E-state index contributed by atoms with van der Waals surface area (Å²) in [6, 6.07) is 20.2. The third-order valence-corrected chi connectivity index (χ3v) is 3.92. The summed E-state index contributed by atoms with van der Waals surface area (Å²) >= 11 is 0. The molecule has 0 spiro atoms. The van der Waals surface area contributed by atoms with Crippen LogP contribution in [0.25, 0.3) is 0 Å². The highest BCUT2D eigenvalue weighted by atomic mass is 16.6. The number of hydrogen-bond acceptors (Lipinski definition) is 3. The largest absolute Gasteiger partial charge is 0.466 e. The third-order valence-electron chi connectivity index (χ3n) is 3.92. The van der Waals surface area contributed by atoms with Crippen molar-refractivity contribution >= 4 is 5.97 Å². The topological polar surface area (TPSA) is 38.8 Å². The minimum absolute atomic E-state index is 0.0261. The van der Waals surface area contributed by atoms with E-state index < -0.39 is 5.60 Å². The number of carbonyl (C=O) groups excluding carboxylic acids is 1. The number of esters is 1. The zero-order valence-corrected chi connectivity index (χ0v) is 12.4. The molecule has 2 aromatic carbocycles. The molecule has 0 bridgehead atoms. The molecular formula is C19H18O3. The molecule has 3 nitrogen and oxygen atoms in total. The second-order valence-electron chi connectivity index (χ2n) is 5.31. The van der Waals surface area contributed by atoms with Crippen LogP contribution in [0.4, 0.5) is 0 Å². The maximum atomic E-state index is 11.4.